The summed E-state index contributed by atoms with van der Waals surface area (Å²) in [5.41, 5.74) is 2.26. The fourth-order valence-corrected chi connectivity index (χ4v) is 2.63. The Morgan fingerprint density at radius 2 is 1.88 bits per heavy atom. The molecule has 2 heterocycles. The van der Waals surface area contributed by atoms with Gasteiger partial charge in [-0.25, -0.2) is 0 Å². The molecule has 7 nitrogen and oxygen atoms in total. The summed E-state index contributed by atoms with van der Waals surface area (Å²) in [6.07, 6.45) is 1.81. The van der Waals surface area contributed by atoms with Gasteiger partial charge < -0.3 is 25.1 Å². The van der Waals surface area contributed by atoms with Crippen molar-refractivity contribution in [3.05, 3.63) is 54.2 Å². The van der Waals surface area contributed by atoms with Crippen LogP contribution in [0.5, 0.6) is 11.5 Å². The van der Waals surface area contributed by atoms with E-state index in [0.29, 0.717) is 17.2 Å². The van der Waals surface area contributed by atoms with Crippen molar-refractivity contribution in [2.24, 2.45) is 0 Å². The molecular weight excluding hydrogens is 322 g/mol. The third-order valence-electron chi connectivity index (χ3n) is 3.91. The summed E-state index contributed by atoms with van der Waals surface area (Å²) in [6, 6.07) is 12.7. The quantitative estimate of drug-likeness (QED) is 0.639. The van der Waals surface area contributed by atoms with Crippen LogP contribution in [0.2, 0.25) is 0 Å². The van der Waals surface area contributed by atoms with Gasteiger partial charge in [-0.1, -0.05) is 12.1 Å². The highest BCUT2D eigenvalue weighted by molar-refractivity contribution is 6.39. The van der Waals surface area contributed by atoms with E-state index in [0.717, 1.165) is 16.5 Å². The molecule has 0 unspecified atom stereocenters. The van der Waals surface area contributed by atoms with Crippen molar-refractivity contribution < 1.29 is 19.1 Å². The number of rotatable bonds is 3. The number of carbonyl (C=O) groups is 2. The number of nitrogens with one attached hydrogen (secondary N) is 3. The zero-order valence-corrected chi connectivity index (χ0v) is 13.2. The minimum absolute atomic E-state index is 0.193. The molecule has 0 atom stereocenters. The number of amides is 2. The average Bonchev–Trinajstić information content (AvgIpc) is 3.27. The number of ether oxygens (including phenoxy) is 2. The van der Waals surface area contributed by atoms with Crippen LogP contribution in [0.1, 0.15) is 5.56 Å². The van der Waals surface area contributed by atoms with Crippen LogP contribution >= 0.6 is 0 Å². The number of hydrogen-bond acceptors (Lipinski definition) is 4. The van der Waals surface area contributed by atoms with Crippen LogP contribution in [0.25, 0.3) is 10.9 Å². The minimum atomic E-state index is -0.716. The fourth-order valence-electron chi connectivity index (χ4n) is 2.63. The fraction of sp³-hybridized carbons (Fsp3) is 0.111. The van der Waals surface area contributed by atoms with Gasteiger partial charge in [0.05, 0.1) is 0 Å². The molecule has 2 aromatic carbocycles. The highest BCUT2D eigenvalue weighted by Crippen LogP contribution is 2.32. The van der Waals surface area contributed by atoms with Crippen LogP contribution in [0.3, 0.4) is 0 Å². The Bertz CT molecular complexity index is 964. The lowest BCUT2D eigenvalue weighted by Gasteiger charge is -2.07. The molecule has 1 aromatic heterocycles. The largest absolute Gasteiger partial charge is 0.454 e. The zero-order chi connectivity index (χ0) is 17.2. The number of aromatic amines is 1. The van der Waals surface area contributed by atoms with Gasteiger partial charge in [-0.2, -0.15) is 0 Å². The van der Waals surface area contributed by atoms with Gasteiger partial charge in [0, 0.05) is 23.9 Å². The lowest BCUT2D eigenvalue weighted by atomic mass is 10.2. The Balaban J connectivity index is 1.36. The molecule has 1 aliphatic heterocycles. The number of anilines is 1. The molecule has 2 amide bonds. The van der Waals surface area contributed by atoms with Crippen LogP contribution in [-0.2, 0) is 16.1 Å². The van der Waals surface area contributed by atoms with Crippen molar-refractivity contribution in [3.8, 4) is 11.5 Å². The van der Waals surface area contributed by atoms with Crippen molar-refractivity contribution in [2.75, 3.05) is 12.1 Å². The SMILES string of the molecule is O=C(NCc1ccc2c(c1)OCO2)C(=O)Nc1ccc2cc[nH]c2c1. The molecule has 0 radical (unpaired) electrons. The molecule has 0 bridgehead atoms. The average molecular weight is 337 g/mol. The first kappa shape index (κ1) is 15.1. The Labute approximate surface area is 142 Å². The summed E-state index contributed by atoms with van der Waals surface area (Å²) in [4.78, 5) is 27.1. The highest BCUT2D eigenvalue weighted by atomic mass is 16.7. The maximum atomic E-state index is 12.0. The van der Waals surface area contributed by atoms with E-state index in [4.69, 9.17) is 9.47 Å². The van der Waals surface area contributed by atoms with E-state index in [2.05, 4.69) is 15.6 Å². The van der Waals surface area contributed by atoms with Gasteiger partial charge in [0.2, 0.25) is 6.79 Å². The molecule has 7 heteroatoms. The number of aromatic nitrogens is 1. The smallest absolute Gasteiger partial charge is 0.313 e. The molecule has 1 aliphatic rings. The van der Waals surface area contributed by atoms with Gasteiger partial charge in [-0.3, -0.25) is 9.59 Å². The predicted molar refractivity (Wildman–Crippen MR) is 91.3 cm³/mol. The number of benzene rings is 2. The van der Waals surface area contributed by atoms with E-state index in [1.54, 1.807) is 24.3 Å². The minimum Gasteiger partial charge on any atom is -0.454 e. The molecule has 0 aliphatic carbocycles. The summed E-state index contributed by atoms with van der Waals surface area (Å²) in [6.45, 7) is 0.414. The molecule has 4 rings (SSSR count). The van der Waals surface area contributed by atoms with Gasteiger partial charge in [-0.05, 0) is 41.3 Å². The third kappa shape index (κ3) is 3.12. The van der Waals surface area contributed by atoms with Gasteiger partial charge in [-0.15, -0.1) is 0 Å². The van der Waals surface area contributed by atoms with Gasteiger partial charge >= 0.3 is 11.8 Å². The van der Waals surface area contributed by atoms with Crippen LogP contribution in [0.4, 0.5) is 5.69 Å². The second-order valence-electron chi connectivity index (χ2n) is 5.60. The van der Waals surface area contributed by atoms with E-state index in [-0.39, 0.29) is 13.3 Å². The zero-order valence-electron chi connectivity index (χ0n) is 13.2. The maximum Gasteiger partial charge on any atom is 0.313 e. The first-order chi connectivity index (χ1) is 12.2. The Morgan fingerprint density at radius 1 is 1.00 bits per heavy atom. The molecular formula is C18H15N3O4. The van der Waals surface area contributed by atoms with Crippen molar-refractivity contribution >= 4 is 28.4 Å². The van der Waals surface area contributed by atoms with Crippen molar-refractivity contribution in [1.29, 1.82) is 0 Å². The molecule has 126 valence electrons. The summed E-state index contributed by atoms with van der Waals surface area (Å²) < 4.78 is 10.5. The first-order valence-corrected chi connectivity index (χ1v) is 7.74. The van der Waals surface area contributed by atoms with Gasteiger partial charge in [0.1, 0.15) is 0 Å². The second-order valence-corrected chi connectivity index (χ2v) is 5.60. The van der Waals surface area contributed by atoms with E-state index in [9.17, 15) is 9.59 Å². The van der Waals surface area contributed by atoms with Crippen LogP contribution < -0.4 is 20.1 Å². The molecule has 0 saturated heterocycles. The third-order valence-corrected chi connectivity index (χ3v) is 3.91. The lowest BCUT2D eigenvalue weighted by Crippen LogP contribution is -2.34. The van der Waals surface area contributed by atoms with Crippen LogP contribution in [0, 0.1) is 0 Å². The van der Waals surface area contributed by atoms with E-state index >= 15 is 0 Å². The van der Waals surface area contributed by atoms with E-state index < -0.39 is 11.8 Å². The van der Waals surface area contributed by atoms with Crippen LogP contribution in [-0.4, -0.2) is 23.6 Å². The number of H-pyrrole nitrogens is 1. The summed E-state index contributed by atoms with van der Waals surface area (Å²) >= 11 is 0. The van der Waals surface area contributed by atoms with Gasteiger partial charge in [0.15, 0.2) is 11.5 Å². The highest BCUT2D eigenvalue weighted by Gasteiger charge is 2.16. The Morgan fingerprint density at radius 3 is 2.80 bits per heavy atom. The number of hydrogen-bond donors (Lipinski definition) is 3. The molecule has 0 spiro atoms. The number of carbonyl (C=O) groups excluding carboxylic acids is 2. The molecule has 3 N–H and O–H groups in total. The number of fused-ring (bicyclic) bond motifs is 2. The molecule has 3 aromatic rings. The Kier molecular flexibility index (Phi) is 3.74. The maximum absolute atomic E-state index is 12.0. The normalized spacial score (nSPS) is 12.2. The van der Waals surface area contributed by atoms with E-state index in [1.165, 1.54) is 0 Å². The van der Waals surface area contributed by atoms with Crippen molar-refractivity contribution in [3.63, 3.8) is 0 Å². The van der Waals surface area contributed by atoms with E-state index in [1.807, 2.05) is 24.4 Å². The molecule has 0 saturated carbocycles. The molecule has 25 heavy (non-hydrogen) atoms. The predicted octanol–water partition coefficient (Wildman–Crippen LogP) is 2.15. The molecule has 0 fully saturated rings. The summed E-state index contributed by atoms with van der Waals surface area (Å²) in [7, 11) is 0. The van der Waals surface area contributed by atoms with Crippen molar-refractivity contribution in [1.82, 2.24) is 10.3 Å². The van der Waals surface area contributed by atoms with Crippen LogP contribution in [0.15, 0.2) is 48.7 Å². The van der Waals surface area contributed by atoms with Gasteiger partial charge in [0.25, 0.3) is 0 Å². The lowest BCUT2D eigenvalue weighted by molar-refractivity contribution is -0.136. The van der Waals surface area contributed by atoms with Crippen molar-refractivity contribution in [2.45, 2.75) is 6.54 Å². The topological polar surface area (TPSA) is 92.4 Å². The standard InChI is InChI=1S/C18H15N3O4/c22-17(20-9-11-1-4-15-16(7-11)25-10-24-15)18(23)21-13-3-2-12-5-6-19-14(12)8-13/h1-8,19H,9-10H2,(H,20,22)(H,21,23). The monoisotopic (exact) mass is 337 g/mol. The summed E-state index contributed by atoms with van der Waals surface area (Å²) in [5, 5.41) is 6.21. The first-order valence-electron chi connectivity index (χ1n) is 7.74. The Hall–Kier alpha value is -3.48. The summed E-state index contributed by atoms with van der Waals surface area (Å²) in [5.74, 6) is -0.112. The second kappa shape index (κ2) is 6.20.